The lowest BCUT2D eigenvalue weighted by atomic mass is 9.57. The van der Waals surface area contributed by atoms with Crippen molar-refractivity contribution in [3.63, 3.8) is 0 Å². The predicted molar refractivity (Wildman–Crippen MR) is 145 cm³/mol. The summed E-state index contributed by atoms with van der Waals surface area (Å²) in [6.07, 6.45) is 1.21. The first kappa shape index (κ1) is 28.6. The summed E-state index contributed by atoms with van der Waals surface area (Å²) in [7, 11) is 6.87. The number of nitrogens with two attached hydrogens (primary N) is 1. The van der Waals surface area contributed by atoms with E-state index in [4.69, 9.17) is 5.73 Å². The van der Waals surface area contributed by atoms with Gasteiger partial charge in [0.05, 0.1) is 11.6 Å². The molecule has 0 heterocycles. The number of likely N-dealkylation sites (N-methyl/N-ethyl adjacent to an activating group) is 1. The van der Waals surface area contributed by atoms with Gasteiger partial charge in [0.2, 0.25) is 5.78 Å². The molecule has 0 bridgehead atoms. The fourth-order valence-electron chi connectivity index (χ4n) is 6.49. The van der Waals surface area contributed by atoms with Crippen molar-refractivity contribution >= 4 is 28.9 Å². The molecule has 1 saturated carbocycles. The molecule has 0 unspecified atom stereocenters. The smallest absolute Gasteiger partial charge is 0.255 e. The molecule has 39 heavy (non-hydrogen) atoms. The minimum absolute atomic E-state index is 0.0503. The number of hydrogen-bond acceptors (Lipinski definition) is 10. The number of nitrogens with one attached hydrogen (secondary N) is 1. The lowest BCUT2D eigenvalue weighted by Gasteiger charge is -2.50. The zero-order valence-electron chi connectivity index (χ0n) is 23.2. The van der Waals surface area contributed by atoms with Crippen LogP contribution < -0.4 is 16.0 Å². The third kappa shape index (κ3) is 4.19. The summed E-state index contributed by atoms with van der Waals surface area (Å²) >= 11 is 0. The first-order valence-electron chi connectivity index (χ1n) is 13.1. The summed E-state index contributed by atoms with van der Waals surface area (Å²) in [5, 5.41) is 48.6. The Morgan fingerprint density at radius 1 is 1.21 bits per heavy atom. The molecule has 4 rings (SSSR count). The van der Waals surface area contributed by atoms with Crippen molar-refractivity contribution in [3.05, 3.63) is 39.7 Å². The fourth-order valence-corrected chi connectivity index (χ4v) is 6.49. The molecule has 1 amide bonds. The summed E-state index contributed by atoms with van der Waals surface area (Å²) in [6.45, 7) is 4.60. The molecule has 11 nitrogen and oxygen atoms in total. The third-order valence-electron chi connectivity index (χ3n) is 8.47. The Labute approximate surface area is 227 Å². The van der Waals surface area contributed by atoms with Crippen LogP contribution in [0, 0.1) is 11.8 Å². The number of carbonyl (C=O) groups excluding carboxylic acids is 3. The number of Topliss-reactive ketones (excluding diaryl/α,β-unsaturated/α-hetero) is 2. The van der Waals surface area contributed by atoms with Crippen LogP contribution >= 0.6 is 0 Å². The Kier molecular flexibility index (Phi) is 7.30. The Morgan fingerprint density at radius 3 is 2.38 bits per heavy atom. The van der Waals surface area contributed by atoms with Gasteiger partial charge in [0, 0.05) is 43.9 Å². The number of aliphatic hydroxyl groups is 3. The highest BCUT2D eigenvalue weighted by Crippen LogP contribution is 2.54. The standard InChI is InChI=1S/C28H38N4O7/c1-7-12(2)30-11-14-10-17(33)19-15(21(14)31(3)4)8-13-9-16-22(32(5)6)24(35)20(27(29)38)26(37)28(16,39)25(36)18(13)23(19)34/h10,12-13,16,22,30,33-34,37,39H,7-9,11H2,1-6H3,(H2,29,38)/t12-,13+,16+,22+,28+/m1/s1. The van der Waals surface area contributed by atoms with E-state index in [1.165, 1.54) is 4.90 Å². The molecule has 0 spiro atoms. The molecule has 0 radical (unpaired) electrons. The van der Waals surface area contributed by atoms with Gasteiger partial charge in [-0.1, -0.05) is 6.92 Å². The lowest BCUT2D eigenvalue weighted by molar-refractivity contribution is -0.153. The largest absolute Gasteiger partial charge is 0.508 e. The van der Waals surface area contributed by atoms with Gasteiger partial charge in [0.15, 0.2) is 11.4 Å². The molecule has 0 aromatic heterocycles. The molecule has 5 atom stereocenters. The number of primary amides is 1. The summed E-state index contributed by atoms with van der Waals surface area (Å²) in [6, 6.07) is 0.676. The topological polar surface area (TPSA) is 177 Å². The molecule has 1 aromatic carbocycles. The van der Waals surface area contributed by atoms with Crippen molar-refractivity contribution in [1.82, 2.24) is 10.2 Å². The van der Waals surface area contributed by atoms with Gasteiger partial charge < -0.3 is 36.4 Å². The van der Waals surface area contributed by atoms with E-state index in [-0.39, 0.29) is 35.8 Å². The van der Waals surface area contributed by atoms with Crippen LogP contribution in [0.3, 0.4) is 0 Å². The van der Waals surface area contributed by atoms with E-state index in [1.54, 1.807) is 20.2 Å². The van der Waals surface area contributed by atoms with Gasteiger partial charge in [-0.2, -0.15) is 0 Å². The fraction of sp³-hybridized carbons (Fsp3) is 0.536. The number of fused-ring (bicyclic) bond motifs is 3. The number of anilines is 1. The summed E-state index contributed by atoms with van der Waals surface area (Å²) in [5.74, 6) is -6.58. The molecule has 0 aliphatic heterocycles. The molecular weight excluding hydrogens is 504 g/mol. The Morgan fingerprint density at radius 2 is 1.85 bits per heavy atom. The van der Waals surface area contributed by atoms with Gasteiger partial charge in [-0.15, -0.1) is 0 Å². The number of rotatable bonds is 7. The first-order chi connectivity index (χ1) is 18.2. The third-order valence-corrected chi connectivity index (χ3v) is 8.47. The number of phenols is 1. The Hall–Kier alpha value is -3.41. The zero-order valence-corrected chi connectivity index (χ0v) is 23.2. The molecule has 212 valence electrons. The molecular formula is C28H38N4O7. The minimum atomic E-state index is -2.65. The highest BCUT2D eigenvalue weighted by Gasteiger charge is 2.64. The monoisotopic (exact) mass is 542 g/mol. The van der Waals surface area contributed by atoms with Crippen LogP contribution in [0.5, 0.6) is 5.75 Å². The Balaban J connectivity index is 1.93. The molecule has 1 fully saturated rings. The molecule has 3 aliphatic rings. The van der Waals surface area contributed by atoms with E-state index in [1.807, 2.05) is 19.0 Å². The van der Waals surface area contributed by atoms with Gasteiger partial charge in [0.1, 0.15) is 22.8 Å². The molecule has 3 aliphatic carbocycles. The molecule has 11 heteroatoms. The van der Waals surface area contributed by atoms with Gasteiger partial charge in [-0.05, 0) is 63.4 Å². The van der Waals surface area contributed by atoms with Crippen molar-refractivity contribution in [3.8, 4) is 5.75 Å². The number of benzene rings is 1. The summed E-state index contributed by atoms with van der Waals surface area (Å²) < 4.78 is 0. The lowest BCUT2D eigenvalue weighted by Crippen LogP contribution is -2.65. The van der Waals surface area contributed by atoms with Crippen LogP contribution in [0.2, 0.25) is 0 Å². The number of nitrogens with zero attached hydrogens (tertiary/aromatic N) is 2. The van der Waals surface area contributed by atoms with Crippen LogP contribution in [0.1, 0.15) is 43.4 Å². The van der Waals surface area contributed by atoms with Crippen molar-refractivity contribution < 1.29 is 34.8 Å². The number of aromatic hydroxyl groups is 1. The number of ketones is 2. The first-order valence-corrected chi connectivity index (χ1v) is 13.1. The van der Waals surface area contributed by atoms with E-state index < -0.39 is 58.0 Å². The van der Waals surface area contributed by atoms with E-state index in [2.05, 4.69) is 19.2 Å². The normalized spacial score (nSPS) is 27.3. The maximum Gasteiger partial charge on any atom is 0.255 e. The van der Waals surface area contributed by atoms with E-state index in [9.17, 15) is 34.8 Å². The van der Waals surface area contributed by atoms with Crippen LogP contribution in [0.15, 0.2) is 23.0 Å². The van der Waals surface area contributed by atoms with Gasteiger partial charge >= 0.3 is 0 Å². The average molecular weight is 543 g/mol. The second-order valence-electron chi connectivity index (χ2n) is 11.3. The number of amides is 1. The SMILES string of the molecule is CC[C@@H](C)NCc1cc(O)c2c(c1N(C)C)C[C@H]1C[C@H]3[C@H](N(C)C)C(=O)C(C(N)=O)=C(O)[C@@]3(O)C(=O)C1=C2O. The number of hydrogen-bond donors (Lipinski definition) is 6. The van der Waals surface area contributed by atoms with Gasteiger partial charge in [-0.25, -0.2) is 0 Å². The molecule has 1 aromatic rings. The summed E-state index contributed by atoms with van der Waals surface area (Å²) in [5.41, 5.74) is 4.07. The second kappa shape index (κ2) is 9.96. The maximum atomic E-state index is 14.0. The number of phenolic OH excluding ortho intramolecular Hbond substituents is 1. The molecule has 7 N–H and O–H groups in total. The van der Waals surface area contributed by atoms with Crippen LogP contribution in [0.25, 0.3) is 5.76 Å². The van der Waals surface area contributed by atoms with Gasteiger partial charge in [0.25, 0.3) is 5.91 Å². The predicted octanol–water partition coefficient (Wildman–Crippen LogP) is 0.918. The van der Waals surface area contributed by atoms with E-state index in [0.717, 1.165) is 17.7 Å². The van der Waals surface area contributed by atoms with E-state index >= 15 is 0 Å². The van der Waals surface area contributed by atoms with E-state index in [0.29, 0.717) is 12.1 Å². The van der Waals surface area contributed by atoms with Gasteiger partial charge in [-0.3, -0.25) is 19.3 Å². The second-order valence-corrected chi connectivity index (χ2v) is 11.3. The summed E-state index contributed by atoms with van der Waals surface area (Å²) in [4.78, 5) is 42.7. The van der Waals surface area contributed by atoms with Crippen LogP contribution in [-0.2, 0) is 27.3 Å². The van der Waals surface area contributed by atoms with Crippen molar-refractivity contribution in [2.24, 2.45) is 17.6 Å². The van der Waals surface area contributed by atoms with Crippen molar-refractivity contribution in [1.29, 1.82) is 0 Å². The van der Waals surface area contributed by atoms with Crippen molar-refractivity contribution in [2.45, 2.75) is 57.3 Å². The molecule has 0 saturated heterocycles. The minimum Gasteiger partial charge on any atom is -0.508 e. The van der Waals surface area contributed by atoms with Crippen LogP contribution in [0.4, 0.5) is 5.69 Å². The zero-order chi connectivity index (χ0) is 29.1. The van der Waals surface area contributed by atoms with Crippen LogP contribution in [-0.4, -0.2) is 88.7 Å². The maximum absolute atomic E-state index is 14.0. The quantitative estimate of drug-likeness (QED) is 0.272. The highest BCUT2D eigenvalue weighted by molar-refractivity contribution is 6.24. The number of carbonyl (C=O) groups is 3. The Bertz CT molecular complexity index is 1320. The van der Waals surface area contributed by atoms with Crippen molar-refractivity contribution in [2.75, 3.05) is 33.1 Å². The number of aliphatic hydroxyl groups excluding tert-OH is 2. The average Bonchev–Trinajstić information content (AvgIpc) is 2.83. The highest BCUT2D eigenvalue weighted by atomic mass is 16.3.